The zero-order valence-electron chi connectivity index (χ0n) is 10.1. The molecule has 3 nitrogen and oxygen atoms in total. The molecule has 1 aromatic carbocycles. The highest BCUT2D eigenvalue weighted by atomic mass is 79.9. The van der Waals surface area contributed by atoms with Crippen LogP contribution in [0.25, 0.3) is 6.08 Å². The number of halogens is 3. The summed E-state index contributed by atoms with van der Waals surface area (Å²) in [7, 11) is 0. The first-order chi connectivity index (χ1) is 9.54. The van der Waals surface area contributed by atoms with Crippen LogP contribution in [0.15, 0.2) is 47.1 Å². The molecule has 0 spiro atoms. The summed E-state index contributed by atoms with van der Waals surface area (Å²) in [5.41, 5.74) is 0.318. The van der Waals surface area contributed by atoms with Gasteiger partial charge in [-0.15, -0.1) is 0 Å². The maximum Gasteiger partial charge on any atom is 0.249 e. The summed E-state index contributed by atoms with van der Waals surface area (Å²) in [6, 6.07) is 7.68. The number of pyridine rings is 1. The van der Waals surface area contributed by atoms with Crippen molar-refractivity contribution in [1.82, 2.24) is 4.98 Å². The van der Waals surface area contributed by atoms with Crippen molar-refractivity contribution in [1.29, 1.82) is 0 Å². The van der Waals surface area contributed by atoms with Crippen LogP contribution in [0, 0.1) is 5.82 Å². The topological polar surface area (TPSA) is 42.0 Å². The number of anilines is 1. The highest BCUT2D eigenvalue weighted by molar-refractivity contribution is 9.10. The minimum Gasteiger partial charge on any atom is -0.307 e. The van der Waals surface area contributed by atoms with Gasteiger partial charge in [-0.05, 0) is 36.4 Å². The third kappa shape index (κ3) is 4.15. The number of carbonyl (C=O) groups is 1. The Bertz CT molecular complexity index is 659. The van der Waals surface area contributed by atoms with Crippen molar-refractivity contribution >= 4 is 45.3 Å². The number of rotatable bonds is 3. The average molecular weight is 356 g/mol. The van der Waals surface area contributed by atoms with E-state index in [1.807, 2.05) is 0 Å². The molecule has 6 heteroatoms. The monoisotopic (exact) mass is 354 g/mol. The maximum absolute atomic E-state index is 13.5. The van der Waals surface area contributed by atoms with Gasteiger partial charge in [-0.1, -0.05) is 27.5 Å². The van der Waals surface area contributed by atoms with Gasteiger partial charge < -0.3 is 5.32 Å². The van der Waals surface area contributed by atoms with Gasteiger partial charge in [-0.3, -0.25) is 4.79 Å². The van der Waals surface area contributed by atoms with Crippen LogP contribution in [0.1, 0.15) is 5.56 Å². The SMILES string of the molecule is O=C(/C=C/c1cc(Br)ccc1F)Nc1ccc(Cl)cn1. The molecule has 0 saturated heterocycles. The second-order valence-corrected chi connectivity index (χ2v) is 5.20. The molecule has 1 N–H and O–H groups in total. The number of aromatic nitrogens is 1. The summed E-state index contributed by atoms with van der Waals surface area (Å²) in [6.45, 7) is 0. The normalized spacial score (nSPS) is 10.8. The predicted molar refractivity (Wildman–Crippen MR) is 81.0 cm³/mol. The van der Waals surface area contributed by atoms with E-state index in [1.54, 1.807) is 24.3 Å². The lowest BCUT2D eigenvalue weighted by Gasteiger charge is -2.01. The largest absolute Gasteiger partial charge is 0.307 e. The lowest BCUT2D eigenvalue weighted by molar-refractivity contribution is -0.111. The van der Waals surface area contributed by atoms with E-state index in [0.717, 1.165) is 4.47 Å². The first kappa shape index (κ1) is 14.7. The van der Waals surface area contributed by atoms with E-state index < -0.39 is 11.7 Å². The second kappa shape index (κ2) is 6.63. The van der Waals surface area contributed by atoms with Gasteiger partial charge in [0, 0.05) is 22.3 Å². The number of nitrogens with one attached hydrogen (secondary N) is 1. The van der Waals surface area contributed by atoms with Gasteiger partial charge in [0.1, 0.15) is 11.6 Å². The summed E-state index contributed by atoms with van der Waals surface area (Å²) in [4.78, 5) is 15.6. The third-order valence-electron chi connectivity index (χ3n) is 2.35. The highest BCUT2D eigenvalue weighted by Crippen LogP contribution is 2.17. The van der Waals surface area contributed by atoms with E-state index in [9.17, 15) is 9.18 Å². The predicted octanol–water partition coefficient (Wildman–Crippen LogP) is 4.29. The van der Waals surface area contributed by atoms with E-state index in [-0.39, 0.29) is 0 Å². The number of benzene rings is 1. The van der Waals surface area contributed by atoms with Gasteiger partial charge in [-0.25, -0.2) is 9.37 Å². The van der Waals surface area contributed by atoms with Crippen molar-refractivity contribution in [3.8, 4) is 0 Å². The van der Waals surface area contributed by atoms with Gasteiger partial charge in [0.15, 0.2) is 0 Å². The van der Waals surface area contributed by atoms with Gasteiger partial charge >= 0.3 is 0 Å². The molecule has 0 fully saturated rings. The standard InChI is InChI=1S/C14H9BrClFN2O/c15-10-2-4-12(17)9(7-10)1-6-14(20)19-13-5-3-11(16)8-18-13/h1-8H,(H,18,19,20)/b6-1+. The van der Waals surface area contributed by atoms with Crippen molar-refractivity contribution in [3.63, 3.8) is 0 Å². The summed E-state index contributed by atoms with van der Waals surface area (Å²) in [5, 5.41) is 3.03. The Morgan fingerprint density at radius 3 is 2.85 bits per heavy atom. The molecule has 0 atom stereocenters. The van der Waals surface area contributed by atoms with E-state index >= 15 is 0 Å². The highest BCUT2D eigenvalue weighted by Gasteiger charge is 2.02. The third-order valence-corrected chi connectivity index (χ3v) is 3.07. The fourth-order valence-electron chi connectivity index (χ4n) is 1.43. The summed E-state index contributed by atoms with van der Waals surface area (Å²) >= 11 is 8.93. The molecule has 1 amide bonds. The molecule has 0 aliphatic rings. The van der Waals surface area contributed by atoms with Crippen molar-refractivity contribution in [3.05, 3.63) is 63.5 Å². The summed E-state index contributed by atoms with van der Waals surface area (Å²) < 4.78 is 14.2. The smallest absolute Gasteiger partial charge is 0.249 e. The van der Waals surface area contributed by atoms with Crippen LogP contribution in [-0.4, -0.2) is 10.9 Å². The van der Waals surface area contributed by atoms with Crippen molar-refractivity contribution in [2.45, 2.75) is 0 Å². The van der Waals surface area contributed by atoms with Crippen molar-refractivity contribution in [2.24, 2.45) is 0 Å². The molecule has 0 radical (unpaired) electrons. The molecule has 0 aliphatic carbocycles. The molecule has 0 aliphatic heterocycles. The Kier molecular flexibility index (Phi) is 4.87. The van der Waals surface area contributed by atoms with Crippen LogP contribution in [-0.2, 0) is 4.79 Å². The Morgan fingerprint density at radius 2 is 2.15 bits per heavy atom. The van der Waals surface area contributed by atoms with E-state index in [4.69, 9.17) is 11.6 Å². The number of carbonyl (C=O) groups excluding carboxylic acids is 1. The molecule has 0 unspecified atom stereocenters. The minimum absolute atomic E-state index is 0.318. The number of hydrogen-bond acceptors (Lipinski definition) is 2. The van der Waals surface area contributed by atoms with Gasteiger partial charge in [-0.2, -0.15) is 0 Å². The Morgan fingerprint density at radius 1 is 1.35 bits per heavy atom. The van der Waals surface area contributed by atoms with Gasteiger partial charge in [0.05, 0.1) is 5.02 Å². The van der Waals surface area contributed by atoms with Crippen LogP contribution in [0.3, 0.4) is 0 Å². The molecule has 1 aromatic heterocycles. The fourth-order valence-corrected chi connectivity index (χ4v) is 1.92. The number of amides is 1. The van der Waals surface area contributed by atoms with Crippen LogP contribution in [0.5, 0.6) is 0 Å². The first-order valence-corrected chi connectivity index (χ1v) is 6.77. The molecule has 0 bridgehead atoms. The molecule has 1 heterocycles. The fraction of sp³-hybridized carbons (Fsp3) is 0. The average Bonchev–Trinajstić information content (AvgIpc) is 2.42. The quantitative estimate of drug-likeness (QED) is 0.835. The zero-order valence-corrected chi connectivity index (χ0v) is 12.5. The number of nitrogens with zero attached hydrogens (tertiary/aromatic N) is 1. The second-order valence-electron chi connectivity index (χ2n) is 3.85. The number of hydrogen-bond donors (Lipinski definition) is 1. The maximum atomic E-state index is 13.5. The van der Waals surface area contributed by atoms with E-state index in [0.29, 0.717) is 16.4 Å². The molecule has 2 rings (SSSR count). The molecule has 20 heavy (non-hydrogen) atoms. The molecule has 0 saturated carbocycles. The molecular weight excluding hydrogens is 347 g/mol. The van der Waals surface area contributed by atoms with E-state index in [2.05, 4.69) is 26.2 Å². The zero-order chi connectivity index (χ0) is 14.5. The molecule has 102 valence electrons. The Hall–Kier alpha value is -1.72. The lowest BCUT2D eigenvalue weighted by Crippen LogP contribution is -2.08. The minimum atomic E-state index is -0.404. The summed E-state index contributed by atoms with van der Waals surface area (Å²) in [6.07, 6.45) is 4.06. The Balaban J connectivity index is 2.05. The van der Waals surface area contributed by atoms with E-state index in [1.165, 1.54) is 24.4 Å². The van der Waals surface area contributed by atoms with Gasteiger partial charge in [0.2, 0.25) is 5.91 Å². The first-order valence-electron chi connectivity index (χ1n) is 5.60. The van der Waals surface area contributed by atoms with Crippen LogP contribution in [0.4, 0.5) is 10.2 Å². The van der Waals surface area contributed by atoms with Crippen LogP contribution in [0.2, 0.25) is 5.02 Å². The summed E-state index contributed by atoms with van der Waals surface area (Å²) in [5.74, 6) is -0.431. The lowest BCUT2D eigenvalue weighted by atomic mass is 10.2. The van der Waals surface area contributed by atoms with Crippen molar-refractivity contribution < 1.29 is 9.18 Å². The van der Waals surface area contributed by atoms with Gasteiger partial charge in [0.25, 0.3) is 0 Å². The Labute approximate surface area is 128 Å². The van der Waals surface area contributed by atoms with Crippen LogP contribution < -0.4 is 5.32 Å². The molecular formula is C14H9BrClFN2O. The van der Waals surface area contributed by atoms with Crippen LogP contribution >= 0.6 is 27.5 Å². The molecule has 2 aromatic rings. The van der Waals surface area contributed by atoms with Crippen molar-refractivity contribution in [2.75, 3.05) is 5.32 Å².